The zero-order chi connectivity index (χ0) is 13.3. The van der Waals surface area contributed by atoms with Gasteiger partial charge in [0.25, 0.3) is 0 Å². The highest BCUT2D eigenvalue weighted by Crippen LogP contribution is 2.25. The first kappa shape index (κ1) is 12.1. The molecule has 1 aromatic heterocycles. The molecule has 1 heterocycles. The summed E-state index contributed by atoms with van der Waals surface area (Å²) in [7, 11) is 0. The molecular weight excluding hydrogens is 224 g/mol. The number of rotatable bonds is 2. The van der Waals surface area contributed by atoms with Crippen LogP contribution in [0.25, 0.3) is 16.5 Å². The van der Waals surface area contributed by atoms with Crippen LogP contribution < -0.4 is 11.5 Å². The van der Waals surface area contributed by atoms with E-state index in [1.807, 2.05) is 18.2 Å². The van der Waals surface area contributed by atoms with E-state index in [1.165, 1.54) is 0 Å². The summed E-state index contributed by atoms with van der Waals surface area (Å²) in [6.45, 7) is 3.52. The molecule has 2 rings (SSSR count). The third-order valence-corrected chi connectivity index (χ3v) is 2.83. The van der Waals surface area contributed by atoms with Crippen LogP contribution in [0.15, 0.2) is 36.2 Å². The molecule has 0 atom stereocenters. The van der Waals surface area contributed by atoms with E-state index in [2.05, 4.69) is 4.98 Å². The van der Waals surface area contributed by atoms with Crippen molar-refractivity contribution in [2.45, 2.75) is 13.8 Å². The lowest BCUT2D eigenvalue weighted by Gasteiger charge is -2.10. The maximum absolute atomic E-state index is 7.80. The van der Waals surface area contributed by atoms with Crippen molar-refractivity contribution in [1.82, 2.24) is 4.98 Å². The number of hydrogen-bond donors (Lipinski definition) is 3. The number of nitrogen functional groups attached to an aromatic ring is 1. The van der Waals surface area contributed by atoms with Gasteiger partial charge in [-0.15, -0.1) is 0 Å². The van der Waals surface area contributed by atoms with Crippen LogP contribution in [0.2, 0.25) is 0 Å². The van der Waals surface area contributed by atoms with E-state index in [1.54, 1.807) is 26.1 Å². The summed E-state index contributed by atoms with van der Waals surface area (Å²) in [5, 5.41) is 8.68. The van der Waals surface area contributed by atoms with E-state index in [9.17, 15) is 0 Å². The number of pyridine rings is 1. The Bertz CT molecular complexity index is 652. The molecule has 0 radical (unpaired) electrons. The number of benzene rings is 1. The van der Waals surface area contributed by atoms with Gasteiger partial charge in [-0.05, 0) is 37.6 Å². The Kier molecular flexibility index (Phi) is 3.02. The first-order valence-corrected chi connectivity index (χ1v) is 5.67. The number of anilines is 1. The molecule has 0 aliphatic heterocycles. The minimum absolute atomic E-state index is 0.441. The van der Waals surface area contributed by atoms with Crippen molar-refractivity contribution in [2.24, 2.45) is 5.73 Å². The first-order valence-electron chi connectivity index (χ1n) is 5.67. The van der Waals surface area contributed by atoms with Crippen LogP contribution in [0.3, 0.4) is 0 Å². The summed E-state index contributed by atoms with van der Waals surface area (Å²) < 4.78 is 0. The molecule has 0 unspecified atom stereocenters. The molecule has 0 saturated carbocycles. The summed E-state index contributed by atoms with van der Waals surface area (Å²) in [4.78, 5) is 4.25. The zero-order valence-corrected chi connectivity index (χ0v) is 10.5. The lowest BCUT2D eigenvalue weighted by molar-refractivity contribution is 1.32. The normalized spacial score (nSPS) is 12.3. The molecule has 4 heteroatoms. The largest absolute Gasteiger partial charge is 0.402 e. The molecule has 1 aromatic carbocycles. The highest BCUT2D eigenvalue weighted by Gasteiger charge is 2.09. The molecule has 0 spiro atoms. The van der Waals surface area contributed by atoms with Crippen LogP contribution in [0, 0.1) is 5.41 Å². The van der Waals surface area contributed by atoms with Crippen LogP contribution in [0.1, 0.15) is 19.4 Å². The number of hydrogen-bond acceptors (Lipinski definition) is 4. The summed E-state index contributed by atoms with van der Waals surface area (Å²) in [6.07, 6.45) is 1.68. The van der Waals surface area contributed by atoms with Crippen LogP contribution in [0.4, 0.5) is 5.69 Å². The van der Waals surface area contributed by atoms with E-state index >= 15 is 0 Å². The standard InChI is InChI=1S/C14H16N4/c1-8(15)14(9(2)16)10-3-4-13-11(7-10)12(17)5-6-18-13/h3-7,15H,16H2,1-2H3,(H2,17,18)/b14-9+,15-8?. The summed E-state index contributed by atoms with van der Waals surface area (Å²) in [5.41, 5.74) is 16.0. The number of nitrogens with zero attached hydrogens (tertiary/aromatic N) is 1. The van der Waals surface area contributed by atoms with Crippen molar-refractivity contribution in [3.8, 4) is 0 Å². The fourth-order valence-electron chi connectivity index (χ4n) is 2.06. The molecule has 18 heavy (non-hydrogen) atoms. The Morgan fingerprint density at radius 3 is 2.56 bits per heavy atom. The fourth-order valence-corrected chi connectivity index (χ4v) is 2.06. The lowest BCUT2D eigenvalue weighted by Crippen LogP contribution is -2.04. The number of nitrogens with one attached hydrogen (secondary N) is 1. The Labute approximate surface area is 106 Å². The van der Waals surface area contributed by atoms with Gasteiger partial charge < -0.3 is 16.9 Å². The SMILES string of the molecule is CC(=N)/C(=C(/C)N)c1ccc2nccc(N)c2c1. The molecule has 0 aliphatic rings. The molecule has 2 aromatic rings. The second-order valence-corrected chi connectivity index (χ2v) is 4.32. The number of nitrogens with two attached hydrogens (primary N) is 2. The maximum atomic E-state index is 7.80. The van der Waals surface area contributed by atoms with Gasteiger partial charge in [0.15, 0.2) is 0 Å². The van der Waals surface area contributed by atoms with Gasteiger partial charge in [0, 0.05) is 34.3 Å². The van der Waals surface area contributed by atoms with Crippen molar-refractivity contribution in [3.05, 3.63) is 41.7 Å². The Balaban J connectivity index is 2.71. The van der Waals surface area contributed by atoms with Crippen molar-refractivity contribution in [2.75, 3.05) is 5.73 Å². The van der Waals surface area contributed by atoms with Crippen LogP contribution in [-0.2, 0) is 0 Å². The third kappa shape index (κ3) is 2.05. The Hall–Kier alpha value is -2.36. The molecule has 0 fully saturated rings. The molecule has 0 saturated heterocycles. The average Bonchev–Trinajstić information content (AvgIpc) is 2.29. The molecule has 5 N–H and O–H groups in total. The number of fused-ring (bicyclic) bond motifs is 1. The van der Waals surface area contributed by atoms with Crippen molar-refractivity contribution < 1.29 is 0 Å². The minimum Gasteiger partial charge on any atom is -0.402 e. The van der Waals surface area contributed by atoms with Gasteiger partial charge in [-0.1, -0.05) is 6.07 Å². The van der Waals surface area contributed by atoms with Crippen molar-refractivity contribution >= 4 is 27.9 Å². The van der Waals surface area contributed by atoms with Gasteiger partial charge in [-0.25, -0.2) is 0 Å². The number of allylic oxidation sites excluding steroid dienone is 2. The van der Waals surface area contributed by atoms with E-state index in [-0.39, 0.29) is 0 Å². The fraction of sp³-hybridized carbons (Fsp3) is 0.143. The van der Waals surface area contributed by atoms with Gasteiger partial charge in [0.2, 0.25) is 0 Å². The van der Waals surface area contributed by atoms with Gasteiger partial charge >= 0.3 is 0 Å². The first-order chi connectivity index (χ1) is 8.50. The average molecular weight is 240 g/mol. The minimum atomic E-state index is 0.441. The maximum Gasteiger partial charge on any atom is 0.0723 e. The molecule has 4 nitrogen and oxygen atoms in total. The van der Waals surface area contributed by atoms with Crippen LogP contribution in [-0.4, -0.2) is 10.7 Å². The quantitative estimate of drug-likeness (QED) is 0.705. The highest BCUT2D eigenvalue weighted by molar-refractivity contribution is 6.22. The van der Waals surface area contributed by atoms with Crippen molar-refractivity contribution in [3.63, 3.8) is 0 Å². The van der Waals surface area contributed by atoms with E-state index < -0.39 is 0 Å². The van der Waals surface area contributed by atoms with Gasteiger partial charge in [0.05, 0.1) is 5.52 Å². The Morgan fingerprint density at radius 1 is 1.22 bits per heavy atom. The predicted octanol–water partition coefficient (Wildman–Crippen LogP) is 2.55. The number of aromatic nitrogens is 1. The van der Waals surface area contributed by atoms with Crippen LogP contribution in [0.5, 0.6) is 0 Å². The molecule has 92 valence electrons. The third-order valence-electron chi connectivity index (χ3n) is 2.83. The molecule has 0 amide bonds. The van der Waals surface area contributed by atoms with E-state index in [0.29, 0.717) is 17.1 Å². The van der Waals surface area contributed by atoms with Crippen molar-refractivity contribution in [1.29, 1.82) is 5.41 Å². The Morgan fingerprint density at radius 2 is 1.94 bits per heavy atom. The highest BCUT2D eigenvalue weighted by atomic mass is 14.7. The van der Waals surface area contributed by atoms with Gasteiger partial charge in [-0.3, -0.25) is 4.98 Å². The lowest BCUT2D eigenvalue weighted by atomic mass is 9.98. The second-order valence-electron chi connectivity index (χ2n) is 4.32. The molecule has 0 aliphatic carbocycles. The van der Waals surface area contributed by atoms with Crippen LogP contribution >= 0.6 is 0 Å². The summed E-state index contributed by atoms with van der Waals surface area (Å²) in [5.74, 6) is 0. The topological polar surface area (TPSA) is 88.8 Å². The molecule has 0 bridgehead atoms. The summed E-state index contributed by atoms with van der Waals surface area (Å²) >= 11 is 0. The smallest absolute Gasteiger partial charge is 0.0723 e. The monoisotopic (exact) mass is 240 g/mol. The van der Waals surface area contributed by atoms with E-state index in [0.717, 1.165) is 22.0 Å². The second kappa shape index (κ2) is 4.49. The van der Waals surface area contributed by atoms with Gasteiger partial charge in [0.1, 0.15) is 0 Å². The zero-order valence-electron chi connectivity index (χ0n) is 10.5. The van der Waals surface area contributed by atoms with Gasteiger partial charge in [-0.2, -0.15) is 0 Å². The molecular formula is C14H16N4. The van der Waals surface area contributed by atoms with E-state index in [4.69, 9.17) is 16.9 Å². The summed E-state index contributed by atoms with van der Waals surface area (Å²) in [6, 6.07) is 7.51. The predicted molar refractivity (Wildman–Crippen MR) is 76.3 cm³/mol.